The van der Waals surface area contributed by atoms with Gasteiger partial charge in [0.1, 0.15) is 6.04 Å². The van der Waals surface area contributed by atoms with Crippen LogP contribution in [0.2, 0.25) is 0 Å². The van der Waals surface area contributed by atoms with Gasteiger partial charge in [0, 0.05) is 31.7 Å². The zero-order chi connectivity index (χ0) is 28.4. The molecule has 1 aromatic carbocycles. The highest BCUT2D eigenvalue weighted by molar-refractivity contribution is 6.05. The molecule has 2 aliphatic heterocycles. The molecule has 0 bridgehead atoms. The second kappa shape index (κ2) is 18.8. The average Bonchev–Trinajstić information content (AvgIpc) is 3.27. The van der Waals surface area contributed by atoms with Crippen LogP contribution in [0.1, 0.15) is 40.7 Å². The molecule has 1 fully saturated rings. The number of fused-ring (bicyclic) bond motifs is 1. The Hall–Kier alpha value is -2.45. The molecule has 1 aromatic rings. The predicted octanol–water partition coefficient (Wildman–Crippen LogP) is 0.439. The first-order chi connectivity index (χ1) is 19.6. The molecule has 2 aliphatic rings. The van der Waals surface area contributed by atoms with E-state index in [-0.39, 0.29) is 18.2 Å². The fraction of sp³-hybridized carbons (Fsp3) is 0.679. The lowest BCUT2D eigenvalue weighted by atomic mass is 10.0. The highest BCUT2D eigenvalue weighted by Gasteiger charge is 2.38. The van der Waals surface area contributed by atoms with Gasteiger partial charge >= 0.3 is 0 Å². The Kier molecular flexibility index (Phi) is 15.1. The predicted molar refractivity (Wildman–Crippen MR) is 145 cm³/mol. The van der Waals surface area contributed by atoms with Crippen LogP contribution in [-0.2, 0) is 51.0 Å². The summed E-state index contributed by atoms with van der Waals surface area (Å²) in [5, 5.41) is 2.33. The van der Waals surface area contributed by atoms with Crippen molar-refractivity contribution in [2.75, 3.05) is 85.8 Å². The van der Waals surface area contributed by atoms with E-state index in [9.17, 15) is 14.4 Å². The van der Waals surface area contributed by atoms with Gasteiger partial charge in [0.05, 0.1) is 72.7 Å². The monoisotopic (exact) mass is 565 g/mol. The fourth-order valence-electron chi connectivity index (χ4n) is 4.45. The van der Waals surface area contributed by atoms with Crippen LogP contribution in [0.5, 0.6) is 0 Å². The summed E-state index contributed by atoms with van der Waals surface area (Å²) in [6, 6.07) is 5.22. The van der Waals surface area contributed by atoms with Crippen molar-refractivity contribution >= 4 is 17.7 Å². The van der Waals surface area contributed by atoms with Crippen LogP contribution < -0.4 is 11.1 Å². The van der Waals surface area contributed by atoms with Crippen molar-refractivity contribution in [2.24, 2.45) is 5.73 Å². The zero-order valence-electron chi connectivity index (χ0n) is 23.2. The molecular formula is C28H43N3O9. The summed E-state index contributed by atoms with van der Waals surface area (Å²) in [4.78, 5) is 38.0. The summed E-state index contributed by atoms with van der Waals surface area (Å²) in [5.74, 6) is -0.830. The van der Waals surface area contributed by atoms with Gasteiger partial charge in [0.2, 0.25) is 11.8 Å². The number of carbonyl (C=O) groups excluding carboxylic acids is 3. The molecule has 0 spiro atoms. The van der Waals surface area contributed by atoms with E-state index in [1.807, 2.05) is 18.2 Å². The topological polar surface area (TPSA) is 148 Å². The summed E-state index contributed by atoms with van der Waals surface area (Å²) in [7, 11) is 0. The maximum absolute atomic E-state index is 12.8. The van der Waals surface area contributed by atoms with Crippen LogP contribution >= 0.6 is 0 Å². The van der Waals surface area contributed by atoms with E-state index >= 15 is 0 Å². The van der Waals surface area contributed by atoms with E-state index in [2.05, 4.69) is 5.32 Å². The van der Waals surface area contributed by atoms with Gasteiger partial charge in [0.25, 0.3) is 5.91 Å². The Bertz CT molecular complexity index is 930. The molecule has 0 saturated carbocycles. The summed E-state index contributed by atoms with van der Waals surface area (Å²) >= 11 is 0. The van der Waals surface area contributed by atoms with Crippen molar-refractivity contribution in [3.8, 4) is 0 Å². The second-order valence-electron chi connectivity index (χ2n) is 9.46. The fourth-order valence-corrected chi connectivity index (χ4v) is 4.45. The van der Waals surface area contributed by atoms with Crippen LogP contribution in [0.4, 0.5) is 0 Å². The van der Waals surface area contributed by atoms with Gasteiger partial charge in [-0.1, -0.05) is 12.1 Å². The van der Waals surface area contributed by atoms with Gasteiger partial charge < -0.3 is 39.1 Å². The first-order valence-electron chi connectivity index (χ1n) is 14.0. The minimum Gasteiger partial charge on any atom is -0.379 e. The Labute approximate surface area is 235 Å². The van der Waals surface area contributed by atoms with E-state index < -0.39 is 11.9 Å². The van der Waals surface area contributed by atoms with E-state index in [1.165, 1.54) is 0 Å². The maximum atomic E-state index is 12.8. The Balaban J connectivity index is 1.13. The zero-order valence-corrected chi connectivity index (χ0v) is 23.2. The number of nitrogens with one attached hydrogen (secondary N) is 1. The molecule has 1 unspecified atom stereocenters. The smallest absolute Gasteiger partial charge is 0.255 e. The lowest BCUT2D eigenvalue weighted by Gasteiger charge is -2.29. The third-order valence-corrected chi connectivity index (χ3v) is 6.46. The molecule has 1 saturated heterocycles. The normalized spacial score (nSPS) is 17.0. The number of hydrogen-bond acceptors (Lipinski definition) is 10. The molecule has 40 heavy (non-hydrogen) atoms. The molecule has 224 valence electrons. The molecule has 12 heteroatoms. The van der Waals surface area contributed by atoms with E-state index in [4.69, 9.17) is 34.2 Å². The number of nitrogens with zero attached hydrogens (tertiary/aromatic N) is 1. The Morgan fingerprint density at radius 3 is 1.88 bits per heavy atom. The number of ether oxygens (including phenoxy) is 6. The molecule has 3 amide bonds. The molecule has 0 radical (unpaired) electrons. The second-order valence-corrected chi connectivity index (χ2v) is 9.46. The van der Waals surface area contributed by atoms with Crippen LogP contribution in [0.3, 0.4) is 0 Å². The van der Waals surface area contributed by atoms with Gasteiger partial charge in [-0.15, -0.1) is 0 Å². The summed E-state index contributed by atoms with van der Waals surface area (Å²) in [6.45, 7) is 7.21. The molecule has 1 atom stereocenters. The number of benzene rings is 1. The lowest BCUT2D eigenvalue weighted by molar-refractivity contribution is -0.136. The van der Waals surface area contributed by atoms with Crippen LogP contribution in [0.25, 0.3) is 0 Å². The molecule has 0 aromatic heterocycles. The summed E-state index contributed by atoms with van der Waals surface area (Å²) in [5.41, 5.74) is 8.00. The molecule has 3 N–H and O–H groups in total. The number of carbonyl (C=O) groups is 3. The summed E-state index contributed by atoms with van der Waals surface area (Å²) in [6.07, 6.45) is 2.29. The highest BCUT2D eigenvalue weighted by atomic mass is 16.6. The largest absolute Gasteiger partial charge is 0.379 e. The third-order valence-electron chi connectivity index (χ3n) is 6.46. The van der Waals surface area contributed by atoms with Gasteiger partial charge in [-0.25, -0.2) is 0 Å². The summed E-state index contributed by atoms with van der Waals surface area (Å²) < 4.78 is 32.6. The highest BCUT2D eigenvalue weighted by Crippen LogP contribution is 2.28. The van der Waals surface area contributed by atoms with Gasteiger partial charge in [0.15, 0.2) is 0 Å². The number of hydrogen-bond donors (Lipinski definition) is 2. The quantitative estimate of drug-likeness (QED) is 0.150. The van der Waals surface area contributed by atoms with Crippen molar-refractivity contribution in [1.82, 2.24) is 10.2 Å². The number of aryl methyl sites for hydroxylation is 1. The molecule has 12 nitrogen and oxygen atoms in total. The number of amides is 3. The molecule has 3 rings (SSSR count). The Morgan fingerprint density at radius 1 is 0.775 bits per heavy atom. The van der Waals surface area contributed by atoms with Crippen molar-refractivity contribution in [3.63, 3.8) is 0 Å². The van der Waals surface area contributed by atoms with Gasteiger partial charge in [-0.05, 0) is 36.5 Å². The van der Waals surface area contributed by atoms with Crippen LogP contribution in [0.15, 0.2) is 18.2 Å². The number of imide groups is 1. The average molecular weight is 566 g/mol. The SMILES string of the molecule is NCCOCCOCCOCCOCCOCCOCCCc1ccc2c(c1)CN(C1CCC(=O)NC1=O)C2=O. The standard InChI is InChI=1S/C28H43N3O9/c29-7-9-36-11-13-38-15-17-40-19-18-39-16-14-37-12-10-35-8-1-2-22-3-4-24-23(20-22)21-31(28(24)34)25-5-6-26(32)30-27(25)33/h3-4,20,25H,1-2,5-19,21,29H2,(H,30,32,33). The van der Waals surface area contributed by atoms with Gasteiger partial charge in [-0.2, -0.15) is 0 Å². The van der Waals surface area contributed by atoms with Crippen molar-refractivity contribution in [2.45, 2.75) is 38.3 Å². The molecule has 0 aliphatic carbocycles. The molecule has 2 heterocycles. The maximum Gasteiger partial charge on any atom is 0.255 e. The molecular weight excluding hydrogens is 522 g/mol. The Morgan fingerprint density at radius 2 is 1.32 bits per heavy atom. The lowest BCUT2D eigenvalue weighted by Crippen LogP contribution is -2.52. The van der Waals surface area contributed by atoms with E-state index in [1.54, 1.807) is 4.90 Å². The van der Waals surface area contributed by atoms with Crippen LogP contribution in [-0.4, -0.2) is 114 Å². The van der Waals surface area contributed by atoms with E-state index in [0.717, 1.165) is 24.0 Å². The van der Waals surface area contributed by atoms with Crippen molar-refractivity contribution in [1.29, 1.82) is 0 Å². The minimum atomic E-state index is -0.592. The van der Waals surface area contributed by atoms with Gasteiger partial charge in [-0.3, -0.25) is 19.7 Å². The van der Waals surface area contributed by atoms with Crippen molar-refractivity contribution in [3.05, 3.63) is 34.9 Å². The van der Waals surface area contributed by atoms with E-state index in [0.29, 0.717) is 104 Å². The first-order valence-corrected chi connectivity index (χ1v) is 14.0. The number of piperidine rings is 1. The minimum absolute atomic E-state index is 0.152. The van der Waals surface area contributed by atoms with Crippen LogP contribution in [0, 0.1) is 0 Å². The third kappa shape index (κ3) is 11.2. The first kappa shape index (κ1) is 32.1. The number of nitrogens with two attached hydrogens (primary N) is 1. The van der Waals surface area contributed by atoms with Crippen molar-refractivity contribution < 1.29 is 42.8 Å². The number of rotatable bonds is 22.